The molecule has 1 fully saturated rings. The first-order chi connectivity index (χ1) is 14.7. The monoisotopic (exact) mass is 440 g/mol. The van der Waals surface area contributed by atoms with Crippen molar-refractivity contribution in [3.63, 3.8) is 0 Å². The number of rotatable bonds is 5. The molecule has 0 saturated carbocycles. The number of hydrogen-bond donors (Lipinski definition) is 2. The van der Waals surface area contributed by atoms with E-state index in [1.54, 1.807) is 43.3 Å². The van der Waals surface area contributed by atoms with E-state index in [0.717, 1.165) is 26.2 Å². The van der Waals surface area contributed by atoms with Crippen LogP contribution in [-0.4, -0.2) is 62.6 Å². The fourth-order valence-electron chi connectivity index (χ4n) is 3.72. The van der Waals surface area contributed by atoms with E-state index in [2.05, 4.69) is 19.5 Å². The molecule has 9 heteroatoms. The maximum Gasteiger partial charge on any atom is 0.336 e. The van der Waals surface area contributed by atoms with Gasteiger partial charge in [0.15, 0.2) is 0 Å². The molecule has 31 heavy (non-hydrogen) atoms. The lowest BCUT2D eigenvalue weighted by atomic mass is 10.1. The van der Waals surface area contributed by atoms with Crippen molar-refractivity contribution in [3.8, 4) is 0 Å². The third-order valence-corrected chi connectivity index (χ3v) is 7.03. The van der Waals surface area contributed by atoms with Gasteiger partial charge in [0.2, 0.25) is 0 Å². The number of hydrogen-bond acceptors (Lipinski definition) is 6. The molecular weight excluding hydrogens is 416 g/mol. The number of aryl methyl sites for hydroxylation is 1. The van der Waals surface area contributed by atoms with Crippen molar-refractivity contribution in [2.24, 2.45) is 0 Å². The lowest BCUT2D eigenvalue weighted by Gasteiger charge is -2.33. The predicted molar refractivity (Wildman–Crippen MR) is 120 cm³/mol. The highest BCUT2D eigenvalue weighted by Gasteiger charge is 2.21. The Morgan fingerprint density at radius 1 is 1.06 bits per heavy atom. The van der Waals surface area contributed by atoms with Gasteiger partial charge in [0, 0.05) is 37.3 Å². The molecule has 1 aliphatic heterocycles. The van der Waals surface area contributed by atoms with Crippen LogP contribution in [0, 0.1) is 6.92 Å². The van der Waals surface area contributed by atoms with Crippen LogP contribution in [0.4, 0.5) is 11.5 Å². The first-order valence-electron chi connectivity index (χ1n) is 9.94. The zero-order valence-corrected chi connectivity index (χ0v) is 18.2. The Bertz CT molecular complexity index is 1250. The van der Waals surface area contributed by atoms with E-state index >= 15 is 0 Å². The van der Waals surface area contributed by atoms with Crippen LogP contribution in [0.15, 0.2) is 53.4 Å². The number of nitrogens with one attached hydrogen (secondary N) is 1. The minimum absolute atomic E-state index is 0.0934. The Morgan fingerprint density at radius 2 is 1.77 bits per heavy atom. The molecule has 162 valence electrons. The Labute approximate surface area is 181 Å². The molecule has 0 radical (unpaired) electrons. The van der Waals surface area contributed by atoms with Crippen LogP contribution < -0.4 is 9.62 Å². The SMILES string of the molecule is Cc1ccccc1S(=O)(=O)Nc1ccc2nc(N3CCN(C)CC3)cc(C(=O)O)c2c1. The number of carboxylic acid groups (broad SMARTS) is 1. The number of benzene rings is 2. The highest BCUT2D eigenvalue weighted by atomic mass is 32.2. The fraction of sp³-hybridized carbons (Fsp3) is 0.273. The topological polar surface area (TPSA) is 103 Å². The third-order valence-electron chi connectivity index (χ3n) is 5.49. The zero-order chi connectivity index (χ0) is 22.2. The number of aromatic nitrogens is 1. The van der Waals surface area contributed by atoms with E-state index in [-0.39, 0.29) is 16.1 Å². The van der Waals surface area contributed by atoms with Gasteiger partial charge in [-0.15, -0.1) is 0 Å². The van der Waals surface area contributed by atoms with Crippen LogP contribution in [-0.2, 0) is 10.0 Å². The van der Waals surface area contributed by atoms with E-state index in [0.29, 0.717) is 22.3 Å². The number of sulfonamides is 1. The molecule has 1 saturated heterocycles. The minimum Gasteiger partial charge on any atom is -0.478 e. The van der Waals surface area contributed by atoms with Crippen molar-refractivity contribution in [1.29, 1.82) is 0 Å². The standard InChI is InChI=1S/C22H24N4O4S/c1-15-5-3-4-6-20(15)31(29,30)24-16-7-8-19-17(13-16)18(22(27)28)14-21(23-19)26-11-9-25(2)10-12-26/h3-8,13-14,24H,9-12H2,1-2H3,(H,27,28). The normalized spacial score (nSPS) is 15.2. The van der Waals surface area contributed by atoms with Gasteiger partial charge >= 0.3 is 5.97 Å². The maximum absolute atomic E-state index is 12.8. The van der Waals surface area contributed by atoms with Gasteiger partial charge in [-0.05, 0) is 49.9 Å². The second-order valence-corrected chi connectivity index (χ2v) is 9.38. The summed E-state index contributed by atoms with van der Waals surface area (Å²) in [4.78, 5) is 21.1. The number of fused-ring (bicyclic) bond motifs is 1. The molecule has 4 rings (SSSR count). The molecule has 8 nitrogen and oxygen atoms in total. The summed E-state index contributed by atoms with van der Waals surface area (Å²) in [6.45, 7) is 5.01. The minimum atomic E-state index is -3.81. The lowest BCUT2D eigenvalue weighted by molar-refractivity contribution is 0.0699. The molecule has 2 N–H and O–H groups in total. The van der Waals surface area contributed by atoms with E-state index in [1.807, 2.05) is 7.05 Å². The molecule has 1 aromatic heterocycles. The van der Waals surface area contributed by atoms with E-state index < -0.39 is 16.0 Å². The summed E-state index contributed by atoms with van der Waals surface area (Å²) in [5, 5.41) is 10.2. The number of nitrogens with zero attached hydrogens (tertiary/aromatic N) is 3. The number of piperazine rings is 1. The summed E-state index contributed by atoms with van der Waals surface area (Å²) in [6, 6.07) is 13.0. The molecule has 3 aromatic rings. The summed E-state index contributed by atoms with van der Waals surface area (Å²) in [5.41, 5.74) is 1.51. The number of pyridine rings is 1. The van der Waals surface area contributed by atoms with Crippen LogP contribution in [0.2, 0.25) is 0 Å². The Kier molecular flexibility index (Phi) is 5.55. The molecule has 0 bridgehead atoms. The van der Waals surface area contributed by atoms with Gasteiger partial charge in [0.25, 0.3) is 10.0 Å². The van der Waals surface area contributed by atoms with Gasteiger partial charge in [0.1, 0.15) is 5.82 Å². The molecule has 0 aliphatic carbocycles. The van der Waals surface area contributed by atoms with Crippen LogP contribution in [0.25, 0.3) is 10.9 Å². The van der Waals surface area contributed by atoms with Gasteiger partial charge < -0.3 is 14.9 Å². The quantitative estimate of drug-likeness (QED) is 0.629. The van der Waals surface area contributed by atoms with Crippen molar-refractivity contribution in [3.05, 3.63) is 59.7 Å². The van der Waals surface area contributed by atoms with Crippen molar-refractivity contribution in [2.75, 3.05) is 42.8 Å². The summed E-state index contributed by atoms with van der Waals surface area (Å²) < 4.78 is 28.2. The smallest absolute Gasteiger partial charge is 0.336 e. The summed E-state index contributed by atoms with van der Waals surface area (Å²) in [6.07, 6.45) is 0. The van der Waals surface area contributed by atoms with E-state index in [9.17, 15) is 18.3 Å². The predicted octanol–water partition coefficient (Wildman–Crippen LogP) is 2.79. The molecule has 2 heterocycles. The van der Waals surface area contributed by atoms with Gasteiger partial charge in [-0.3, -0.25) is 4.72 Å². The molecular formula is C22H24N4O4S. The van der Waals surface area contributed by atoms with E-state index in [1.165, 1.54) is 12.1 Å². The Morgan fingerprint density at radius 3 is 2.45 bits per heavy atom. The van der Waals surface area contributed by atoms with Crippen LogP contribution in [0.5, 0.6) is 0 Å². The molecule has 0 spiro atoms. The maximum atomic E-state index is 12.8. The highest BCUT2D eigenvalue weighted by Crippen LogP contribution is 2.28. The van der Waals surface area contributed by atoms with Crippen molar-refractivity contribution in [1.82, 2.24) is 9.88 Å². The van der Waals surface area contributed by atoms with Gasteiger partial charge in [0.05, 0.1) is 16.0 Å². The summed E-state index contributed by atoms with van der Waals surface area (Å²) >= 11 is 0. The van der Waals surface area contributed by atoms with Crippen LogP contribution >= 0.6 is 0 Å². The molecule has 0 amide bonds. The third kappa shape index (κ3) is 4.33. The molecule has 2 aromatic carbocycles. The second kappa shape index (κ2) is 8.16. The van der Waals surface area contributed by atoms with E-state index in [4.69, 9.17) is 0 Å². The van der Waals surface area contributed by atoms with Gasteiger partial charge in [-0.25, -0.2) is 18.2 Å². The molecule has 0 atom stereocenters. The van der Waals surface area contributed by atoms with Crippen molar-refractivity contribution in [2.45, 2.75) is 11.8 Å². The van der Waals surface area contributed by atoms with Crippen molar-refractivity contribution < 1.29 is 18.3 Å². The van der Waals surface area contributed by atoms with Crippen LogP contribution in [0.1, 0.15) is 15.9 Å². The highest BCUT2D eigenvalue weighted by molar-refractivity contribution is 7.92. The Hall–Kier alpha value is -3.17. The van der Waals surface area contributed by atoms with Gasteiger partial charge in [-0.1, -0.05) is 18.2 Å². The number of likely N-dealkylation sites (N-methyl/N-ethyl adjacent to an activating group) is 1. The molecule has 0 unspecified atom stereocenters. The molecule has 1 aliphatic rings. The Balaban J connectivity index is 1.72. The number of anilines is 2. The number of carboxylic acids is 1. The number of aromatic carboxylic acids is 1. The average Bonchev–Trinajstić information content (AvgIpc) is 2.73. The second-order valence-electron chi connectivity index (χ2n) is 7.73. The number of carbonyl (C=O) groups is 1. The first kappa shape index (κ1) is 21.1. The van der Waals surface area contributed by atoms with Gasteiger partial charge in [-0.2, -0.15) is 0 Å². The largest absolute Gasteiger partial charge is 0.478 e. The lowest BCUT2D eigenvalue weighted by Crippen LogP contribution is -2.44. The fourth-order valence-corrected chi connectivity index (χ4v) is 5.01. The first-order valence-corrected chi connectivity index (χ1v) is 11.4. The summed E-state index contributed by atoms with van der Waals surface area (Å²) in [5.74, 6) is -0.465. The average molecular weight is 441 g/mol. The zero-order valence-electron chi connectivity index (χ0n) is 17.4. The summed E-state index contributed by atoms with van der Waals surface area (Å²) in [7, 11) is -1.76. The van der Waals surface area contributed by atoms with Crippen molar-refractivity contribution >= 4 is 38.4 Å². The van der Waals surface area contributed by atoms with Crippen LogP contribution in [0.3, 0.4) is 0 Å².